The molecule has 0 N–H and O–H groups in total. The molecule has 0 heterocycles. The molecular weight excluding hydrogens is 228 g/mol. The summed E-state index contributed by atoms with van der Waals surface area (Å²) in [7, 11) is 0. The van der Waals surface area contributed by atoms with Crippen LogP contribution in [-0.4, -0.2) is 0 Å². The van der Waals surface area contributed by atoms with Crippen LogP contribution in [0.3, 0.4) is 0 Å². The second-order valence-corrected chi connectivity index (χ2v) is 5.80. The van der Waals surface area contributed by atoms with Gasteiger partial charge in [-0.1, -0.05) is 52.2 Å². The van der Waals surface area contributed by atoms with E-state index in [1.807, 2.05) is 0 Å². The van der Waals surface area contributed by atoms with Gasteiger partial charge in [-0.05, 0) is 67.7 Å². The van der Waals surface area contributed by atoms with Crippen molar-refractivity contribution in [2.45, 2.75) is 85.5 Å². The molecule has 0 radical (unpaired) electrons. The van der Waals surface area contributed by atoms with Crippen molar-refractivity contribution in [1.29, 1.82) is 0 Å². The van der Waals surface area contributed by atoms with Crippen LogP contribution in [0.5, 0.6) is 0 Å². The van der Waals surface area contributed by atoms with Gasteiger partial charge in [-0.2, -0.15) is 0 Å². The third-order valence-electron chi connectivity index (χ3n) is 4.19. The summed E-state index contributed by atoms with van der Waals surface area (Å²) >= 11 is 0. The van der Waals surface area contributed by atoms with E-state index in [-0.39, 0.29) is 0 Å². The highest BCUT2D eigenvalue weighted by Crippen LogP contribution is 2.24. The van der Waals surface area contributed by atoms with Crippen LogP contribution in [0, 0.1) is 6.92 Å². The second kappa shape index (κ2) is 9.18. The van der Waals surface area contributed by atoms with Crippen LogP contribution in [0.2, 0.25) is 0 Å². The molecule has 0 spiro atoms. The summed E-state index contributed by atoms with van der Waals surface area (Å²) in [5.41, 5.74) is 6.47. The van der Waals surface area contributed by atoms with E-state index in [1.54, 1.807) is 22.3 Å². The van der Waals surface area contributed by atoms with Crippen LogP contribution < -0.4 is 0 Å². The third kappa shape index (κ3) is 5.01. The predicted octanol–water partition coefficient (Wildman–Crippen LogP) is 6.02. The van der Waals surface area contributed by atoms with Crippen molar-refractivity contribution >= 4 is 0 Å². The highest BCUT2D eigenvalue weighted by atomic mass is 14.1. The lowest BCUT2D eigenvalue weighted by Crippen LogP contribution is -2.02. The van der Waals surface area contributed by atoms with Crippen LogP contribution in [-0.2, 0) is 19.3 Å². The summed E-state index contributed by atoms with van der Waals surface area (Å²) in [5, 5.41) is 0. The first-order valence-corrected chi connectivity index (χ1v) is 8.34. The van der Waals surface area contributed by atoms with Gasteiger partial charge in [0, 0.05) is 0 Å². The number of rotatable bonds is 9. The molecule has 0 aliphatic heterocycles. The van der Waals surface area contributed by atoms with Crippen molar-refractivity contribution in [3.63, 3.8) is 0 Å². The Balaban J connectivity index is 2.94. The van der Waals surface area contributed by atoms with Gasteiger partial charge in [0.25, 0.3) is 0 Å². The lowest BCUT2D eigenvalue weighted by molar-refractivity contribution is 0.746. The molecule has 0 saturated heterocycles. The summed E-state index contributed by atoms with van der Waals surface area (Å²) < 4.78 is 0. The van der Waals surface area contributed by atoms with E-state index in [4.69, 9.17) is 0 Å². The largest absolute Gasteiger partial charge is 0.0654 e. The Bertz CT molecular complexity index is 363. The molecule has 0 amide bonds. The molecule has 0 bridgehead atoms. The molecule has 0 aliphatic rings. The minimum atomic E-state index is 1.26. The fraction of sp³-hybridized carbons (Fsp3) is 0.684. The molecule has 0 heteroatoms. The molecule has 0 fully saturated rings. The van der Waals surface area contributed by atoms with E-state index in [1.165, 1.54) is 57.8 Å². The molecule has 1 aromatic rings. The van der Waals surface area contributed by atoms with Crippen molar-refractivity contribution < 1.29 is 0 Å². The highest BCUT2D eigenvalue weighted by molar-refractivity contribution is 5.40. The van der Waals surface area contributed by atoms with E-state index in [0.717, 1.165) is 0 Å². The lowest BCUT2D eigenvalue weighted by Gasteiger charge is -2.16. The van der Waals surface area contributed by atoms with Gasteiger partial charge in [0.2, 0.25) is 0 Å². The number of benzene rings is 1. The number of hydrogen-bond donors (Lipinski definition) is 0. The summed E-state index contributed by atoms with van der Waals surface area (Å²) in [6.07, 6.45) is 11.7. The van der Waals surface area contributed by atoms with E-state index >= 15 is 0 Å². The summed E-state index contributed by atoms with van der Waals surface area (Å²) in [6.45, 7) is 9.21. The SMILES string of the molecule is CCCCc1ccc(CCCC)c(CCCC)c1C. The maximum atomic E-state index is 2.42. The molecule has 108 valence electrons. The van der Waals surface area contributed by atoms with Gasteiger partial charge in [-0.25, -0.2) is 0 Å². The Morgan fingerprint density at radius 1 is 0.684 bits per heavy atom. The van der Waals surface area contributed by atoms with E-state index in [9.17, 15) is 0 Å². The second-order valence-electron chi connectivity index (χ2n) is 5.80. The molecule has 19 heavy (non-hydrogen) atoms. The van der Waals surface area contributed by atoms with Crippen LogP contribution in [0.4, 0.5) is 0 Å². The zero-order valence-electron chi connectivity index (χ0n) is 13.5. The van der Waals surface area contributed by atoms with Crippen molar-refractivity contribution in [3.05, 3.63) is 34.4 Å². The molecule has 1 rings (SSSR count). The molecule has 0 atom stereocenters. The summed E-state index contributed by atoms with van der Waals surface area (Å²) in [4.78, 5) is 0. The minimum Gasteiger partial charge on any atom is -0.0654 e. The average Bonchev–Trinajstić information content (AvgIpc) is 2.43. The van der Waals surface area contributed by atoms with Crippen LogP contribution in [0.15, 0.2) is 12.1 Å². The van der Waals surface area contributed by atoms with Gasteiger partial charge in [0.15, 0.2) is 0 Å². The number of aryl methyl sites for hydroxylation is 2. The first-order chi connectivity index (χ1) is 9.24. The van der Waals surface area contributed by atoms with E-state index in [0.29, 0.717) is 0 Å². The Morgan fingerprint density at radius 2 is 1.16 bits per heavy atom. The molecule has 1 aromatic carbocycles. The predicted molar refractivity (Wildman–Crippen MR) is 87.0 cm³/mol. The maximum absolute atomic E-state index is 2.42. The first-order valence-electron chi connectivity index (χ1n) is 8.34. The standard InChI is InChI=1S/C19H32/c1-5-8-11-17-14-15-18(12-9-6-2)19(16(17)4)13-10-7-3/h14-15H,5-13H2,1-4H3. The fourth-order valence-electron chi connectivity index (χ4n) is 2.80. The Hall–Kier alpha value is -0.780. The van der Waals surface area contributed by atoms with Gasteiger partial charge >= 0.3 is 0 Å². The van der Waals surface area contributed by atoms with Gasteiger partial charge < -0.3 is 0 Å². The number of hydrogen-bond acceptors (Lipinski definition) is 0. The van der Waals surface area contributed by atoms with E-state index in [2.05, 4.69) is 39.8 Å². The maximum Gasteiger partial charge on any atom is -0.0274 e. The molecule has 0 unspecified atom stereocenters. The van der Waals surface area contributed by atoms with Crippen molar-refractivity contribution in [2.24, 2.45) is 0 Å². The topological polar surface area (TPSA) is 0 Å². The van der Waals surface area contributed by atoms with Crippen molar-refractivity contribution in [3.8, 4) is 0 Å². The average molecular weight is 260 g/mol. The molecule has 0 aliphatic carbocycles. The quantitative estimate of drug-likeness (QED) is 0.509. The van der Waals surface area contributed by atoms with Gasteiger partial charge in [-0.3, -0.25) is 0 Å². The van der Waals surface area contributed by atoms with Crippen LogP contribution >= 0.6 is 0 Å². The van der Waals surface area contributed by atoms with E-state index < -0.39 is 0 Å². The minimum absolute atomic E-state index is 1.26. The Morgan fingerprint density at radius 3 is 1.74 bits per heavy atom. The lowest BCUT2D eigenvalue weighted by atomic mass is 9.89. The fourth-order valence-corrected chi connectivity index (χ4v) is 2.80. The van der Waals surface area contributed by atoms with Crippen molar-refractivity contribution in [2.75, 3.05) is 0 Å². The van der Waals surface area contributed by atoms with Gasteiger partial charge in [0.1, 0.15) is 0 Å². The van der Waals surface area contributed by atoms with Crippen LogP contribution in [0.25, 0.3) is 0 Å². The normalized spacial score (nSPS) is 10.9. The zero-order chi connectivity index (χ0) is 14.1. The van der Waals surface area contributed by atoms with Gasteiger partial charge in [0.05, 0.1) is 0 Å². The highest BCUT2D eigenvalue weighted by Gasteiger charge is 2.09. The number of unbranched alkanes of at least 4 members (excludes halogenated alkanes) is 3. The molecule has 0 saturated carbocycles. The van der Waals surface area contributed by atoms with Gasteiger partial charge in [-0.15, -0.1) is 0 Å². The Labute approximate surface area is 120 Å². The van der Waals surface area contributed by atoms with Crippen LogP contribution in [0.1, 0.15) is 81.5 Å². The monoisotopic (exact) mass is 260 g/mol. The molecule has 0 nitrogen and oxygen atoms in total. The molecule has 0 aromatic heterocycles. The zero-order valence-corrected chi connectivity index (χ0v) is 13.5. The third-order valence-corrected chi connectivity index (χ3v) is 4.19. The smallest absolute Gasteiger partial charge is 0.0274 e. The van der Waals surface area contributed by atoms with Crippen molar-refractivity contribution in [1.82, 2.24) is 0 Å². The first kappa shape index (κ1) is 16.3. The summed E-state index contributed by atoms with van der Waals surface area (Å²) in [5.74, 6) is 0. The summed E-state index contributed by atoms with van der Waals surface area (Å²) in [6, 6.07) is 4.81. The Kier molecular flexibility index (Phi) is 7.86. The molecular formula is C19H32.